The van der Waals surface area contributed by atoms with Crippen molar-refractivity contribution in [2.45, 2.75) is 38.5 Å². The average Bonchev–Trinajstić information content (AvgIpc) is 3.28. The summed E-state index contributed by atoms with van der Waals surface area (Å²) in [6, 6.07) is 5.06. The Kier molecular flexibility index (Phi) is 5.02. The van der Waals surface area contributed by atoms with Crippen LogP contribution in [0.25, 0.3) is 0 Å². The minimum absolute atomic E-state index is 0.0634. The number of methoxy groups -OCH3 is 1. The second-order valence-electron chi connectivity index (χ2n) is 5.24. The summed E-state index contributed by atoms with van der Waals surface area (Å²) >= 11 is 1.60. The van der Waals surface area contributed by atoms with Crippen molar-refractivity contribution in [1.82, 2.24) is 15.5 Å². The molecule has 1 aromatic carbocycles. The molecule has 2 aromatic rings. The fourth-order valence-electron chi connectivity index (χ4n) is 2.22. The van der Waals surface area contributed by atoms with E-state index in [2.05, 4.69) is 20.3 Å². The van der Waals surface area contributed by atoms with Gasteiger partial charge in [0.25, 0.3) is 0 Å². The van der Waals surface area contributed by atoms with Crippen molar-refractivity contribution in [3.63, 3.8) is 0 Å². The maximum Gasteiger partial charge on any atom is 0.387 e. The molecule has 0 atom stereocenters. The normalized spacial score (nSPS) is 14.3. The Morgan fingerprint density at radius 1 is 1.30 bits per heavy atom. The molecule has 0 saturated heterocycles. The summed E-state index contributed by atoms with van der Waals surface area (Å²) in [6.07, 6.45) is 2.39. The van der Waals surface area contributed by atoms with Gasteiger partial charge in [-0.05, 0) is 18.9 Å². The number of hydrogen-bond acceptors (Lipinski definition) is 6. The molecule has 23 heavy (non-hydrogen) atoms. The van der Waals surface area contributed by atoms with Crippen LogP contribution in [0.1, 0.15) is 34.3 Å². The predicted octanol–water partition coefficient (Wildman–Crippen LogP) is 3.32. The largest absolute Gasteiger partial charge is 0.493 e. The number of para-hydroxylation sites is 1. The van der Waals surface area contributed by atoms with E-state index < -0.39 is 6.61 Å². The summed E-state index contributed by atoms with van der Waals surface area (Å²) in [4.78, 5) is 0. The summed E-state index contributed by atoms with van der Waals surface area (Å²) in [7, 11) is 1.42. The average molecular weight is 341 g/mol. The van der Waals surface area contributed by atoms with Gasteiger partial charge in [0.2, 0.25) is 0 Å². The Bertz CT molecular complexity index is 662. The highest BCUT2D eigenvalue weighted by atomic mass is 32.1. The maximum atomic E-state index is 12.6. The fourth-order valence-corrected chi connectivity index (χ4v) is 3.20. The number of alkyl halides is 2. The number of hydrogen-bond donors (Lipinski definition) is 1. The Morgan fingerprint density at radius 2 is 2.13 bits per heavy atom. The molecule has 0 aliphatic heterocycles. The highest BCUT2D eigenvalue weighted by molar-refractivity contribution is 7.11. The maximum absolute atomic E-state index is 12.6. The van der Waals surface area contributed by atoms with Crippen LogP contribution in [-0.4, -0.2) is 23.9 Å². The molecule has 1 fully saturated rings. The van der Waals surface area contributed by atoms with Crippen LogP contribution in [0.2, 0.25) is 0 Å². The highest BCUT2D eigenvalue weighted by Gasteiger charge is 2.27. The standard InChI is InChI=1S/C15H17F2N3O2S/c1-21-11-4-2-3-10(13(11)22-15(16)17)7-18-8-12-19-20-14(23-12)9-5-6-9/h2-4,9,15,18H,5-8H2,1H3. The van der Waals surface area contributed by atoms with Crippen molar-refractivity contribution in [2.75, 3.05) is 7.11 Å². The molecule has 1 aromatic heterocycles. The summed E-state index contributed by atoms with van der Waals surface area (Å²) in [5.74, 6) is 0.940. The van der Waals surface area contributed by atoms with Gasteiger partial charge >= 0.3 is 6.61 Å². The molecule has 3 rings (SSSR count). The summed E-state index contributed by atoms with van der Waals surface area (Å²) in [5.41, 5.74) is 0.608. The van der Waals surface area contributed by atoms with Crippen LogP contribution in [0.15, 0.2) is 18.2 Å². The van der Waals surface area contributed by atoms with Gasteiger partial charge in [-0.15, -0.1) is 10.2 Å². The number of nitrogens with zero attached hydrogens (tertiary/aromatic N) is 2. The van der Waals surface area contributed by atoms with Gasteiger partial charge in [0.05, 0.1) is 7.11 Å². The molecule has 0 radical (unpaired) electrons. The van der Waals surface area contributed by atoms with Gasteiger partial charge in [0.15, 0.2) is 11.5 Å². The van der Waals surface area contributed by atoms with E-state index in [1.54, 1.807) is 29.5 Å². The van der Waals surface area contributed by atoms with Gasteiger partial charge in [-0.1, -0.05) is 23.5 Å². The molecule has 0 bridgehead atoms. The third kappa shape index (κ3) is 4.14. The van der Waals surface area contributed by atoms with Crippen LogP contribution < -0.4 is 14.8 Å². The zero-order valence-electron chi connectivity index (χ0n) is 12.6. The van der Waals surface area contributed by atoms with Gasteiger partial charge in [-0.3, -0.25) is 0 Å². The van der Waals surface area contributed by atoms with Gasteiger partial charge in [0.1, 0.15) is 10.0 Å². The second kappa shape index (κ2) is 7.18. The van der Waals surface area contributed by atoms with Crippen molar-refractivity contribution in [3.8, 4) is 11.5 Å². The van der Waals surface area contributed by atoms with E-state index in [9.17, 15) is 8.78 Å². The van der Waals surface area contributed by atoms with Crippen LogP contribution in [0.4, 0.5) is 8.78 Å². The fraction of sp³-hybridized carbons (Fsp3) is 0.467. The Labute approximate surface area is 136 Å². The van der Waals surface area contributed by atoms with E-state index in [1.165, 1.54) is 20.0 Å². The Morgan fingerprint density at radius 3 is 2.83 bits per heavy atom. The summed E-state index contributed by atoms with van der Waals surface area (Å²) in [5, 5.41) is 13.5. The van der Waals surface area contributed by atoms with Crippen molar-refractivity contribution >= 4 is 11.3 Å². The lowest BCUT2D eigenvalue weighted by Crippen LogP contribution is -2.15. The van der Waals surface area contributed by atoms with Crippen LogP contribution in [0.5, 0.6) is 11.5 Å². The van der Waals surface area contributed by atoms with Crippen LogP contribution in [0, 0.1) is 0 Å². The van der Waals surface area contributed by atoms with E-state index in [1.807, 2.05) is 0 Å². The van der Waals surface area contributed by atoms with Crippen LogP contribution in [-0.2, 0) is 13.1 Å². The van der Waals surface area contributed by atoms with Gasteiger partial charge in [-0.25, -0.2) is 0 Å². The van der Waals surface area contributed by atoms with E-state index in [0.717, 1.165) is 10.0 Å². The van der Waals surface area contributed by atoms with Gasteiger partial charge in [-0.2, -0.15) is 8.78 Å². The topological polar surface area (TPSA) is 56.3 Å². The van der Waals surface area contributed by atoms with E-state index >= 15 is 0 Å². The summed E-state index contributed by atoms with van der Waals surface area (Å²) in [6.45, 7) is -1.98. The Hall–Kier alpha value is -1.80. The van der Waals surface area contributed by atoms with Crippen LogP contribution in [0.3, 0.4) is 0 Å². The number of nitrogens with one attached hydrogen (secondary N) is 1. The van der Waals surface area contributed by atoms with Crippen molar-refractivity contribution in [2.24, 2.45) is 0 Å². The first kappa shape index (κ1) is 16.1. The zero-order chi connectivity index (χ0) is 16.2. The summed E-state index contributed by atoms with van der Waals surface area (Å²) < 4.78 is 34.8. The zero-order valence-corrected chi connectivity index (χ0v) is 13.4. The molecule has 8 heteroatoms. The minimum atomic E-state index is -2.89. The van der Waals surface area contributed by atoms with Gasteiger partial charge < -0.3 is 14.8 Å². The number of ether oxygens (including phenoxy) is 2. The minimum Gasteiger partial charge on any atom is -0.493 e. The number of aromatic nitrogens is 2. The number of benzene rings is 1. The molecular formula is C15H17F2N3O2S. The van der Waals surface area contributed by atoms with Gasteiger partial charge in [0, 0.05) is 24.6 Å². The first-order valence-corrected chi connectivity index (χ1v) is 8.12. The lowest BCUT2D eigenvalue weighted by atomic mass is 10.2. The molecule has 0 amide bonds. The first-order chi connectivity index (χ1) is 11.2. The van der Waals surface area contributed by atoms with Crippen molar-refractivity contribution in [1.29, 1.82) is 0 Å². The van der Waals surface area contributed by atoms with Crippen molar-refractivity contribution in [3.05, 3.63) is 33.8 Å². The first-order valence-electron chi connectivity index (χ1n) is 7.31. The van der Waals surface area contributed by atoms with Crippen LogP contribution >= 0.6 is 11.3 Å². The molecule has 1 saturated carbocycles. The quantitative estimate of drug-likeness (QED) is 0.798. The highest BCUT2D eigenvalue weighted by Crippen LogP contribution is 2.41. The van der Waals surface area contributed by atoms with E-state index in [4.69, 9.17) is 4.74 Å². The lowest BCUT2D eigenvalue weighted by Gasteiger charge is -2.14. The molecule has 0 unspecified atom stereocenters. The molecular weight excluding hydrogens is 324 g/mol. The molecule has 1 N–H and O–H groups in total. The SMILES string of the molecule is COc1cccc(CNCc2nnc(C3CC3)s2)c1OC(F)F. The smallest absolute Gasteiger partial charge is 0.387 e. The number of rotatable bonds is 8. The van der Waals surface area contributed by atoms with Crippen molar-refractivity contribution < 1.29 is 18.3 Å². The Balaban J connectivity index is 1.62. The molecule has 1 aliphatic rings. The number of halogens is 2. The molecule has 5 nitrogen and oxygen atoms in total. The molecule has 1 aliphatic carbocycles. The second-order valence-corrected chi connectivity index (χ2v) is 6.33. The monoisotopic (exact) mass is 341 g/mol. The predicted molar refractivity (Wildman–Crippen MR) is 82.1 cm³/mol. The van der Waals surface area contributed by atoms with E-state index in [0.29, 0.717) is 24.6 Å². The third-order valence-corrected chi connectivity index (χ3v) is 4.57. The molecule has 124 valence electrons. The third-order valence-electron chi connectivity index (χ3n) is 3.49. The lowest BCUT2D eigenvalue weighted by molar-refractivity contribution is -0.0518. The molecule has 0 spiro atoms. The van der Waals surface area contributed by atoms with E-state index in [-0.39, 0.29) is 11.5 Å². The molecule has 1 heterocycles.